The molecule has 1 aromatic heterocycles. The molecule has 2 aromatic rings. The van der Waals surface area contributed by atoms with Gasteiger partial charge in [-0.1, -0.05) is 0 Å². The first-order chi connectivity index (χ1) is 9.86. The minimum Gasteiger partial charge on any atom is -0.497 e. The molecule has 0 bridgehead atoms. The molecular weight excluding hydrogens is 268 g/mol. The summed E-state index contributed by atoms with van der Waals surface area (Å²) in [4.78, 5) is 4.42. The second-order valence-electron chi connectivity index (χ2n) is 5.18. The lowest BCUT2D eigenvalue weighted by Gasteiger charge is -2.22. The van der Waals surface area contributed by atoms with Crippen LogP contribution in [-0.2, 0) is 0 Å². The molecule has 106 valence electrons. The Bertz CT molecular complexity index is 582. The number of ether oxygens (including phenoxy) is 1. The van der Waals surface area contributed by atoms with Crippen LogP contribution in [0.4, 0.5) is 5.69 Å². The van der Waals surface area contributed by atoms with E-state index in [1.54, 1.807) is 7.11 Å². The Morgan fingerprint density at radius 3 is 2.95 bits per heavy atom. The van der Waals surface area contributed by atoms with E-state index in [2.05, 4.69) is 34.2 Å². The van der Waals surface area contributed by atoms with Gasteiger partial charge in [-0.3, -0.25) is 4.98 Å². The van der Waals surface area contributed by atoms with Crippen molar-refractivity contribution in [3.63, 3.8) is 0 Å². The number of hydrogen-bond acceptors (Lipinski definition) is 4. The highest BCUT2D eigenvalue weighted by Crippen LogP contribution is 2.27. The zero-order valence-corrected chi connectivity index (χ0v) is 12.6. The number of aromatic nitrogens is 1. The third-order valence-corrected chi connectivity index (χ3v) is 4.92. The Kier molecular flexibility index (Phi) is 4.31. The van der Waals surface area contributed by atoms with Crippen LogP contribution in [0, 0.1) is 5.92 Å². The van der Waals surface area contributed by atoms with E-state index < -0.39 is 0 Å². The fourth-order valence-electron chi connectivity index (χ4n) is 2.61. The molecule has 0 atom stereocenters. The Balaban J connectivity index is 1.76. The number of benzene rings is 1. The fourth-order valence-corrected chi connectivity index (χ4v) is 3.82. The van der Waals surface area contributed by atoms with E-state index in [4.69, 9.17) is 4.74 Å². The van der Waals surface area contributed by atoms with Crippen molar-refractivity contribution < 1.29 is 4.74 Å². The molecule has 20 heavy (non-hydrogen) atoms. The second kappa shape index (κ2) is 6.35. The Morgan fingerprint density at radius 2 is 2.15 bits per heavy atom. The zero-order chi connectivity index (χ0) is 13.8. The third kappa shape index (κ3) is 3.01. The smallest absolute Gasteiger partial charge is 0.121 e. The normalized spacial score (nSPS) is 16.2. The highest BCUT2D eigenvalue weighted by Gasteiger charge is 2.13. The summed E-state index contributed by atoms with van der Waals surface area (Å²) < 4.78 is 5.25. The third-order valence-electron chi connectivity index (χ3n) is 3.87. The van der Waals surface area contributed by atoms with Crippen LogP contribution < -0.4 is 10.1 Å². The van der Waals surface area contributed by atoms with E-state index in [0.717, 1.165) is 23.7 Å². The minimum absolute atomic E-state index is 0.803. The van der Waals surface area contributed by atoms with Gasteiger partial charge in [0.05, 0.1) is 12.6 Å². The molecule has 0 aliphatic carbocycles. The van der Waals surface area contributed by atoms with Crippen molar-refractivity contribution in [1.29, 1.82) is 0 Å². The number of methoxy groups -OCH3 is 1. The van der Waals surface area contributed by atoms with Gasteiger partial charge in [-0.15, -0.1) is 0 Å². The van der Waals surface area contributed by atoms with E-state index in [1.807, 2.05) is 18.3 Å². The van der Waals surface area contributed by atoms with E-state index in [-0.39, 0.29) is 0 Å². The molecule has 0 radical (unpaired) electrons. The Hall–Kier alpha value is -1.42. The highest BCUT2D eigenvalue weighted by molar-refractivity contribution is 7.99. The van der Waals surface area contributed by atoms with Gasteiger partial charge in [-0.05, 0) is 48.5 Å². The first kappa shape index (κ1) is 13.6. The van der Waals surface area contributed by atoms with Gasteiger partial charge in [0.1, 0.15) is 5.75 Å². The van der Waals surface area contributed by atoms with Crippen molar-refractivity contribution in [1.82, 2.24) is 4.98 Å². The summed E-state index contributed by atoms with van der Waals surface area (Å²) in [6, 6.07) is 8.12. The van der Waals surface area contributed by atoms with Crippen LogP contribution in [0.3, 0.4) is 0 Å². The first-order valence-electron chi connectivity index (χ1n) is 7.11. The van der Waals surface area contributed by atoms with Crippen LogP contribution in [0.25, 0.3) is 10.9 Å². The molecule has 4 heteroatoms. The number of hydrogen-bond donors (Lipinski definition) is 1. The lowest BCUT2D eigenvalue weighted by Crippen LogP contribution is -2.19. The number of nitrogens with zero attached hydrogens (tertiary/aromatic N) is 1. The average Bonchev–Trinajstić information content (AvgIpc) is 2.53. The van der Waals surface area contributed by atoms with Crippen molar-refractivity contribution >= 4 is 28.4 Å². The van der Waals surface area contributed by atoms with Crippen molar-refractivity contribution in [3.8, 4) is 5.75 Å². The van der Waals surface area contributed by atoms with E-state index in [1.165, 1.54) is 35.4 Å². The number of anilines is 1. The number of rotatable bonds is 4. The largest absolute Gasteiger partial charge is 0.497 e. The highest BCUT2D eigenvalue weighted by atomic mass is 32.2. The van der Waals surface area contributed by atoms with Crippen molar-refractivity contribution in [3.05, 3.63) is 30.5 Å². The molecule has 1 N–H and O–H groups in total. The van der Waals surface area contributed by atoms with Crippen LogP contribution >= 0.6 is 11.8 Å². The summed E-state index contributed by atoms with van der Waals surface area (Å²) in [5, 5.41) is 4.77. The molecule has 1 aliphatic rings. The molecule has 2 heterocycles. The number of pyridine rings is 1. The summed E-state index contributed by atoms with van der Waals surface area (Å²) in [6.45, 7) is 1.06. The molecular formula is C16H20N2OS. The van der Waals surface area contributed by atoms with Crippen LogP contribution in [0.1, 0.15) is 12.8 Å². The topological polar surface area (TPSA) is 34.1 Å². The molecule has 1 aromatic carbocycles. The average molecular weight is 288 g/mol. The van der Waals surface area contributed by atoms with Crippen molar-refractivity contribution in [2.24, 2.45) is 5.92 Å². The summed E-state index contributed by atoms with van der Waals surface area (Å²) in [6.07, 6.45) is 4.52. The maximum Gasteiger partial charge on any atom is 0.121 e. The lowest BCUT2D eigenvalue weighted by molar-refractivity contribution is 0.415. The van der Waals surface area contributed by atoms with E-state index >= 15 is 0 Å². The van der Waals surface area contributed by atoms with Crippen LogP contribution in [0.2, 0.25) is 0 Å². The second-order valence-corrected chi connectivity index (χ2v) is 6.40. The SMILES string of the molecule is COc1ccc2c(NCC3CCSCC3)ccnc2c1. The lowest BCUT2D eigenvalue weighted by atomic mass is 10.0. The standard InChI is InChI=1S/C16H20N2OS/c1-19-13-2-3-14-15(4-7-17-16(14)10-13)18-11-12-5-8-20-9-6-12/h2-4,7,10,12H,5-6,8-9,11H2,1H3,(H,17,18). The molecule has 0 amide bonds. The van der Waals surface area contributed by atoms with Gasteiger partial charge in [0.25, 0.3) is 0 Å². The van der Waals surface area contributed by atoms with Gasteiger partial charge in [0.15, 0.2) is 0 Å². The maximum atomic E-state index is 5.25. The van der Waals surface area contributed by atoms with Crippen LogP contribution in [0.15, 0.2) is 30.5 Å². The van der Waals surface area contributed by atoms with Crippen molar-refractivity contribution in [2.75, 3.05) is 30.5 Å². The molecule has 1 fully saturated rings. The fraction of sp³-hybridized carbons (Fsp3) is 0.438. The molecule has 1 aliphatic heterocycles. The monoisotopic (exact) mass is 288 g/mol. The molecule has 0 spiro atoms. The minimum atomic E-state index is 0.803. The Morgan fingerprint density at radius 1 is 1.30 bits per heavy atom. The molecule has 1 saturated heterocycles. The Labute approximate surface area is 124 Å². The number of fused-ring (bicyclic) bond motifs is 1. The summed E-state index contributed by atoms with van der Waals surface area (Å²) in [5.74, 6) is 4.27. The van der Waals surface area contributed by atoms with Gasteiger partial charge >= 0.3 is 0 Å². The van der Waals surface area contributed by atoms with Gasteiger partial charge in [-0.25, -0.2) is 0 Å². The number of nitrogens with one attached hydrogen (secondary N) is 1. The molecule has 0 saturated carbocycles. The van der Waals surface area contributed by atoms with Gasteiger partial charge < -0.3 is 10.1 Å². The summed E-state index contributed by atoms with van der Waals surface area (Å²) in [5.41, 5.74) is 2.16. The predicted octanol–water partition coefficient (Wildman–Crippen LogP) is 3.80. The van der Waals surface area contributed by atoms with Crippen LogP contribution in [-0.4, -0.2) is 30.1 Å². The first-order valence-corrected chi connectivity index (χ1v) is 8.26. The summed E-state index contributed by atoms with van der Waals surface area (Å²) in [7, 11) is 1.68. The van der Waals surface area contributed by atoms with Gasteiger partial charge in [-0.2, -0.15) is 11.8 Å². The zero-order valence-electron chi connectivity index (χ0n) is 11.8. The van der Waals surface area contributed by atoms with Gasteiger partial charge in [0, 0.05) is 29.9 Å². The van der Waals surface area contributed by atoms with Gasteiger partial charge in [0.2, 0.25) is 0 Å². The van der Waals surface area contributed by atoms with Crippen molar-refractivity contribution in [2.45, 2.75) is 12.8 Å². The molecule has 3 nitrogen and oxygen atoms in total. The molecule has 0 unspecified atom stereocenters. The predicted molar refractivity (Wildman–Crippen MR) is 86.8 cm³/mol. The number of thioether (sulfide) groups is 1. The summed E-state index contributed by atoms with van der Waals surface area (Å²) >= 11 is 2.08. The van der Waals surface area contributed by atoms with E-state index in [9.17, 15) is 0 Å². The molecule has 3 rings (SSSR count). The quantitative estimate of drug-likeness (QED) is 0.928. The van der Waals surface area contributed by atoms with Crippen LogP contribution in [0.5, 0.6) is 5.75 Å². The van der Waals surface area contributed by atoms with E-state index in [0.29, 0.717) is 0 Å². The maximum absolute atomic E-state index is 5.25.